The summed E-state index contributed by atoms with van der Waals surface area (Å²) in [7, 11) is -1.89. The molecule has 0 spiro atoms. The topological polar surface area (TPSA) is 90.0 Å². The second-order valence-corrected chi connectivity index (χ2v) is 8.38. The van der Waals surface area contributed by atoms with Crippen LogP contribution in [-0.4, -0.2) is 63.0 Å². The van der Waals surface area contributed by atoms with Gasteiger partial charge in [-0.2, -0.15) is 0 Å². The molecule has 9 heteroatoms. The smallest absolute Gasteiger partial charge is 0.307 e. The van der Waals surface area contributed by atoms with Crippen molar-refractivity contribution < 1.29 is 27.5 Å². The normalized spacial score (nSPS) is 18.6. The van der Waals surface area contributed by atoms with E-state index >= 15 is 0 Å². The number of hydrogen-bond donors (Lipinski definition) is 0. The zero-order chi connectivity index (χ0) is 18.4. The van der Waals surface area contributed by atoms with E-state index in [1.165, 1.54) is 12.0 Å². The predicted octanol–water partition coefficient (Wildman–Crippen LogP) is 1.30. The lowest BCUT2D eigenvalue weighted by atomic mass is 10.2. The molecule has 1 amide bonds. The second-order valence-electron chi connectivity index (χ2n) is 5.71. The van der Waals surface area contributed by atoms with Crippen LogP contribution in [0.5, 0.6) is 5.75 Å². The van der Waals surface area contributed by atoms with E-state index in [1.54, 1.807) is 24.3 Å². The Hall–Kier alpha value is -1.80. The number of benzene rings is 1. The van der Waals surface area contributed by atoms with Gasteiger partial charge in [0.25, 0.3) is 5.91 Å². The highest BCUT2D eigenvalue weighted by molar-refractivity contribution is 7.91. The Morgan fingerprint density at radius 2 is 1.96 bits per heavy atom. The molecule has 0 bridgehead atoms. The summed E-state index contributed by atoms with van der Waals surface area (Å²) in [6, 6.07) is 6.10. The Labute approximate surface area is 151 Å². The molecule has 0 saturated carbocycles. The summed E-state index contributed by atoms with van der Waals surface area (Å²) in [6.07, 6.45) is 0.357. The molecule has 1 atom stereocenters. The minimum Gasteiger partial charge on any atom is -0.484 e. The third-order valence-corrected chi connectivity index (χ3v) is 5.93. The summed E-state index contributed by atoms with van der Waals surface area (Å²) in [5, 5.41) is 0.551. The zero-order valence-electron chi connectivity index (χ0n) is 13.8. The first-order valence-electron chi connectivity index (χ1n) is 7.76. The Bertz CT molecular complexity index is 719. The van der Waals surface area contributed by atoms with Crippen molar-refractivity contribution >= 4 is 33.3 Å². The molecule has 1 fully saturated rings. The number of methoxy groups -OCH3 is 1. The number of sulfone groups is 1. The van der Waals surface area contributed by atoms with E-state index in [2.05, 4.69) is 4.74 Å². The van der Waals surface area contributed by atoms with Gasteiger partial charge in [-0.05, 0) is 30.7 Å². The molecule has 1 aliphatic heterocycles. The molecule has 1 aromatic rings. The number of rotatable bonds is 7. The van der Waals surface area contributed by atoms with E-state index in [0.29, 0.717) is 17.2 Å². The summed E-state index contributed by atoms with van der Waals surface area (Å²) in [5.74, 6) is -0.415. The molecule has 25 heavy (non-hydrogen) atoms. The van der Waals surface area contributed by atoms with Crippen molar-refractivity contribution in [3.63, 3.8) is 0 Å². The Morgan fingerprint density at radius 1 is 1.28 bits per heavy atom. The third-order valence-electron chi connectivity index (χ3n) is 3.93. The molecule has 0 aliphatic carbocycles. The fraction of sp³-hybridized carbons (Fsp3) is 0.500. The molecular weight excluding hydrogens is 370 g/mol. The Balaban J connectivity index is 2.01. The first kappa shape index (κ1) is 19.5. The molecule has 1 aliphatic rings. The van der Waals surface area contributed by atoms with E-state index in [1.807, 2.05) is 0 Å². The van der Waals surface area contributed by atoms with Gasteiger partial charge < -0.3 is 14.4 Å². The molecule has 138 valence electrons. The van der Waals surface area contributed by atoms with Gasteiger partial charge in [0.2, 0.25) is 0 Å². The van der Waals surface area contributed by atoms with Crippen molar-refractivity contribution in [2.24, 2.45) is 0 Å². The number of ether oxygens (including phenoxy) is 2. The minimum absolute atomic E-state index is 0.000265. The highest BCUT2D eigenvalue weighted by Crippen LogP contribution is 2.20. The summed E-state index contributed by atoms with van der Waals surface area (Å²) >= 11 is 5.79. The lowest BCUT2D eigenvalue weighted by Gasteiger charge is -2.28. The van der Waals surface area contributed by atoms with E-state index in [9.17, 15) is 18.0 Å². The molecule has 1 heterocycles. The number of nitrogens with zero attached hydrogens (tertiary/aromatic N) is 1. The third kappa shape index (κ3) is 5.89. The van der Waals surface area contributed by atoms with Gasteiger partial charge in [0.15, 0.2) is 16.4 Å². The monoisotopic (exact) mass is 389 g/mol. The van der Waals surface area contributed by atoms with Crippen LogP contribution in [0, 0.1) is 0 Å². The van der Waals surface area contributed by atoms with Crippen molar-refractivity contribution in [1.82, 2.24) is 4.90 Å². The largest absolute Gasteiger partial charge is 0.484 e. The average molecular weight is 390 g/mol. The SMILES string of the molecule is COC(=O)CCN(C(=O)COc1ccc(Cl)cc1)C1CCS(=O)(=O)C1. The summed E-state index contributed by atoms with van der Waals surface area (Å²) in [4.78, 5) is 25.3. The number of hydrogen-bond acceptors (Lipinski definition) is 6. The summed E-state index contributed by atoms with van der Waals surface area (Å²) in [5.41, 5.74) is 0. The van der Waals surface area contributed by atoms with Crippen LogP contribution in [0.4, 0.5) is 0 Å². The number of amides is 1. The molecule has 0 radical (unpaired) electrons. The minimum atomic E-state index is -3.16. The lowest BCUT2D eigenvalue weighted by Crippen LogP contribution is -2.44. The zero-order valence-corrected chi connectivity index (χ0v) is 15.4. The van der Waals surface area contributed by atoms with E-state index in [0.717, 1.165) is 0 Å². The van der Waals surface area contributed by atoms with Crippen LogP contribution in [0.25, 0.3) is 0 Å². The average Bonchev–Trinajstić information content (AvgIpc) is 2.94. The van der Waals surface area contributed by atoms with Crippen LogP contribution < -0.4 is 4.74 Å². The second kappa shape index (κ2) is 8.53. The van der Waals surface area contributed by atoms with E-state index < -0.39 is 21.8 Å². The molecule has 0 N–H and O–H groups in total. The van der Waals surface area contributed by atoms with Gasteiger partial charge in [-0.15, -0.1) is 0 Å². The number of carbonyl (C=O) groups is 2. The fourth-order valence-electron chi connectivity index (χ4n) is 2.60. The van der Waals surface area contributed by atoms with Crippen molar-refractivity contribution in [3.05, 3.63) is 29.3 Å². The van der Waals surface area contributed by atoms with Crippen molar-refractivity contribution in [1.29, 1.82) is 0 Å². The van der Waals surface area contributed by atoms with Crippen LogP contribution in [0.1, 0.15) is 12.8 Å². The van der Waals surface area contributed by atoms with Crippen LogP contribution in [0.15, 0.2) is 24.3 Å². The first-order chi connectivity index (χ1) is 11.8. The van der Waals surface area contributed by atoms with Gasteiger partial charge in [-0.25, -0.2) is 8.42 Å². The van der Waals surface area contributed by atoms with Gasteiger partial charge in [-0.1, -0.05) is 11.6 Å². The maximum absolute atomic E-state index is 12.5. The summed E-state index contributed by atoms with van der Waals surface area (Å²) < 4.78 is 33.4. The van der Waals surface area contributed by atoms with Crippen LogP contribution in [0.3, 0.4) is 0 Å². The molecule has 0 aromatic heterocycles. The number of esters is 1. The number of carbonyl (C=O) groups excluding carboxylic acids is 2. The van der Waals surface area contributed by atoms with Gasteiger partial charge in [0.05, 0.1) is 25.0 Å². The Morgan fingerprint density at radius 3 is 2.52 bits per heavy atom. The fourth-order valence-corrected chi connectivity index (χ4v) is 4.46. The van der Waals surface area contributed by atoms with Gasteiger partial charge >= 0.3 is 5.97 Å². The van der Waals surface area contributed by atoms with Crippen molar-refractivity contribution in [2.75, 3.05) is 31.8 Å². The maximum atomic E-state index is 12.5. The van der Waals surface area contributed by atoms with Gasteiger partial charge in [0, 0.05) is 17.6 Å². The molecule has 1 unspecified atom stereocenters. The Kier molecular flexibility index (Phi) is 6.66. The highest BCUT2D eigenvalue weighted by Gasteiger charge is 2.34. The molecule has 7 nitrogen and oxygen atoms in total. The van der Waals surface area contributed by atoms with Gasteiger partial charge in [-0.3, -0.25) is 9.59 Å². The summed E-state index contributed by atoms with van der Waals surface area (Å²) in [6.45, 7) is -0.158. The van der Waals surface area contributed by atoms with Gasteiger partial charge in [0.1, 0.15) is 5.75 Å². The quantitative estimate of drug-likeness (QED) is 0.653. The standard InChI is InChI=1S/C16H20ClNO6S/c1-23-16(20)6-8-18(13-7-9-25(21,22)11-13)15(19)10-24-14-4-2-12(17)3-5-14/h2-5,13H,6-11H2,1H3. The molecule has 2 rings (SSSR count). The van der Waals surface area contributed by atoms with E-state index in [4.69, 9.17) is 16.3 Å². The highest BCUT2D eigenvalue weighted by atomic mass is 35.5. The molecule has 1 saturated heterocycles. The van der Waals surface area contributed by atoms with Crippen LogP contribution in [-0.2, 0) is 24.2 Å². The molecular formula is C16H20ClNO6S. The van der Waals surface area contributed by atoms with Crippen molar-refractivity contribution in [3.8, 4) is 5.75 Å². The first-order valence-corrected chi connectivity index (χ1v) is 9.96. The number of halogens is 1. The van der Waals surface area contributed by atoms with Crippen LogP contribution in [0.2, 0.25) is 5.02 Å². The van der Waals surface area contributed by atoms with Crippen LogP contribution >= 0.6 is 11.6 Å². The maximum Gasteiger partial charge on any atom is 0.307 e. The predicted molar refractivity (Wildman–Crippen MR) is 92.4 cm³/mol. The lowest BCUT2D eigenvalue weighted by molar-refractivity contribution is -0.142. The van der Waals surface area contributed by atoms with E-state index in [-0.39, 0.29) is 37.0 Å². The van der Waals surface area contributed by atoms with Crippen molar-refractivity contribution in [2.45, 2.75) is 18.9 Å². The molecule has 1 aromatic carbocycles.